The van der Waals surface area contributed by atoms with E-state index in [1.54, 1.807) is 11.8 Å². The Bertz CT molecular complexity index is 780. The molecule has 0 spiro atoms. The van der Waals surface area contributed by atoms with Crippen LogP contribution in [-0.2, 0) is 6.42 Å². The summed E-state index contributed by atoms with van der Waals surface area (Å²) >= 11 is 1.58. The molecule has 2 aliphatic heterocycles. The van der Waals surface area contributed by atoms with Gasteiger partial charge in [0.05, 0.1) is 6.04 Å². The number of hydrogen-bond donors (Lipinski definition) is 0. The van der Waals surface area contributed by atoms with Crippen molar-refractivity contribution in [1.82, 2.24) is 19.7 Å². The van der Waals surface area contributed by atoms with E-state index >= 15 is 0 Å². The summed E-state index contributed by atoms with van der Waals surface area (Å²) in [4.78, 5) is 20.2. The van der Waals surface area contributed by atoms with Crippen LogP contribution in [0.4, 0.5) is 0 Å². The number of rotatable bonds is 4. The third kappa shape index (κ3) is 3.21. The van der Waals surface area contributed by atoms with Crippen molar-refractivity contribution in [1.29, 1.82) is 0 Å². The minimum Gasteiger partial charge on any atom is -0.294 e. The molecule has 4 rings (SSSR count). The van der Waals surface area contributed by atoms with Gasteiger partial charge in [0.25, 0.3) is 5.91 Å². The molecule has 1 aromatic heterocycles. The number of benzene rings is 1. The van der Waals surface area contributed by atoms with Gasteiger partial charge in [-0.2, -0.15) is 4.68 Å². The average Bonchev–Trinajstić information content (AvgIpc) is 3.15. The Morgan fingerprint density at radius 2 is 1.88 bits per heavy atom. The van der Waals surface area contributed by atoms with Gasteiger partial charge in [0.1, 0.15) is 5.25 Å². The van der Waals surface area contributed by atoms with Crippen molar-refractivity contribution < 1.29 is 4.79 Å². The van der Waals surface area contributed by atoms with Crippen molar-refractivity contribution in [3.63, 3.8) is 0 Å². The predicted molar refractivity (Wildman–Crippen MR) is 103 cm³/mol. The van der Waals surface area contributed by atoms with Gasteiger partial charge in [-0.15, -0.1) is 5.10 Å². The molecule has 0 N–H and O–H groups in total. The third-order valence-corrected chi connectivity index (χ3v) is 6.53. The largest absolute Gasteiger partial charge is 0.294 e. The molecule has 6 heteroatoms. The van der Waals surface area contributed by atoms with Crippen molar-refractivity contribution in [3.8, 4) is 0 Å². The summed E-state index contributed by atoms with van der Waals surface area (Å²) in [5, 5.41) is 4.97. The second-order valence-corrected chi connectivity index (χ2v) is 8.82. The van der Waals surface area contributed by atoms with Crippen LogP contribution in [0.15, 0.2) is 35.5 Å². The highest BCUT2D eigenvalue weighted by Gasteiger charge is 2.44. The minimum absolute atomic E-state index is 0.0625. The van der Waals surface area contributed by atoms with E-state index < -0.39 is 0 Å². The van der Waals surface area contributed by atoms with Gasteiger partial charge >= 0.3 is 0 Å². The number of likely N-dealkylation sites (tertiary alicyclic amines) is 1. The van der Waals surface area contributed by atoms with Gasteiger partial charge in [-0.25, -0.2) is 4.98 Å². The number of carbonyl (C=O) groups excluding carboxylic acids is 1. The molecular formula is C20H26N4OS. The number of nitrogens with zero attached hydrogens (tertiary/aromatic N) is 4. The summed E-state index contributed by atoms with van der Waals surface area (Å²) in [6.45, 7) is 8.71. The zero-order valence-corrected chi connectivity index (χ0v) is 16.4. The van der Waals surface area contributed by atoms with Crippen LogP contribution in [0.3, 0.4) is 0 Å². The van der Waals surface area contributed by atoms with E-state index in [9.17, 15) is 4.79 Å². The highest BCUT2D eigenvalue weighted by molar-refractivity contribution is 8.00. The zero-order chi connectivity index (χ0) is 18.3. The van der Waals surface area contributed by atoms with E-state index in [4.69, 9.17) is 0 Å². The summed E-state index contributed by atoms with van der Waals surface area (Å²) < 4.78 is 1.53. The molecule has 0 saturated carbocycles. The topological polar surface area (TPSA) is 51.0 Å². The van der Waals surface area contributed by atoms with Gasteiger partial charge in [0.2, 0.25) is 0 Å². The van der Waals surface area contributed by atoms with Crippen LogP contribution in [0.2, 0.25) is 0 Å². The molecule has 3 heterocycles. The summed E-state index contributed by atoms with van der Waals surface area (Å²) in [5.74, 6) is 2.11. The molecule has 0 radical (unpaired) electrons. The smallest absolute Gasteiger partial charge is 0.264 e. The highest BCUT2D eigenvalue weighted by Crippen LogP contribution is 2.42. The summed E-state index contributed by atoms with van der Waals surface area (Å²) in [7, 11) is 0. The Morgan fingerprint density at radius 3 is 2.50 bits per heavy atom. The lowest BCUT2D eigenvalue weighted by Crippen LogP contribution is -2.46. The Hall–Kier alpha value is -1.66. The zero-order valence-electron chi connectivity index (χ0n) is 15.6. The maximum atomic E-state index is 13.2. The van der Waals surface area contributed by atoms with Crippen molar-refractivity contribution in [2.75, 3.05) is 13.1 Å². The van der Waals surface area contributed by atoms with Crippen LogP contribution in [0.25, 0.3) is 0 Å². The lowest BCUT2D eigenvalue weighted by Gasteiger charge is -2.41. The van der Waals surface area contributed by atoms with Crippen molar-refractivity contribution in [2.45, 2.75) is 50.1 Å². The van der Waals surface area contributed by atoms with Crippen molar-refractivity contribution in [3.05, 3.63) is 41.7 Å². The first-order valence-corrected chi connectivity index (χ1v) is 10.4. The third-order valence-electron chi connectivity index (χ3n) is 5.34. The number of hydrogen-bond acceptors (Lipinski definition) is 5. The molecule has 4 atom stereocenters. The Labute approximate surface area is 159 Å². The first-order chi connectivity index (χ1) is 12.6. The van der Waals surface area contributed by atoms with Crippen molar-refractivity contribution in [2.24, 2.45) is 11.8 Å². The number of piperidine rings is 1. The fourth-order valence-electron chi connectivity index (χ4n) is 4.36. The quantitative estimate of drug-likeness (QED) is 0.822. The first-order valence-electron chi connectivity index (χ1n) is 9.52. The van der Waals surface area contributed by atoms with E-state index in [1.165, 1.54) is 16.7 Å². The lowest BCUT2D eigenvalue weighted by atomic mass is 9.89. The SMILES string of the molecule is CCc1nc2n(n1)C(=O)C(C(c1ccccc1)N1CC(C)CC(C)C1)S2. The van der Waals surface area contributed by atoms with Gasteiger partial charge < -0.3 is 0 Å². The van der Waals surface area contributed by atoms with Gasteiger partial charge in [-0.05, 0) is 23.8 Å². The molecule has 26 heavy (non-hydrogen) atoms. The second kappa shape index (κ2) is 7.16. The number of thioether (sulfide) groups is 1. The molecule has 2 aliphatic rings. The first kappa shape index (κ1) is 17.7. The van der Waals surface area contributed by atoms with Crippen LogP contribution >= 0.6 is 11.8 Å². The molecule has 0 amide bonds. The fraction of sp³-hybridized carbons (Fsp3) is 0.550. The van der Waals surface area contributed by atoms with Crippen LogP contribution in [-0.4, -0.2) is 43.9 Å². The molecule has 0 bridgehead atoms. The molecule has 4 unspecified atom stereocenters. The fourth-order valence-corrected chi connectivity index (χ4v) is 5.63. The van der Waals surface area contributed by atoms with Gasteiger partial charge in [-0.3, -0.25) is 9.69 Å². The monoisotopic (exact) mass is 370 g/mol. The van der Waals surface area contributed by atoms with Crippen LogP contribution < -0.4 is 0 Å². The molecule has 1 saturated heterocycles. The summed E-state index contributed by atoms with van der Waals surface area (Å²) in [6.07, 6.45) is 2.01. The standard InChI is InChI=1S/C20H26N4OS/c1-4-16-21-20-24(22-16)19(25)18(26-20)17(15-8-6-5-7-9-15)23-11-13(2)10-14(3)12-23/h5-9,13-14,17-18H,4,10-12H2,1-3H3. The average molecular weight is 371 g/mol. The summed E-state index contributed by atoms with van der Waals surface area (Å²) in [5.41, 5.74) is 1.21. The number of fused-ring (bicyclic) bond motifs is 1. The molecule has 138 valence electrons. The Morgan fingerprint density at radius 1 is 1.19 bits per heavy atom. The van der Waals surface area contributed by atoms with Crippen LogP contribution in [0.5, 0.6) is 0 Å². The summed E-state index contributed by atoms with van der Waals surface area (Å²) in [6, 6.07) is 10.5. The van der Waals surface area contributed by atoms with E-state index in [-0.39, 0.29) is 17.2 Å². The van der Waals surface area contributed by atoms with E-state index in [0.717, 1.165) is 30.5 Å². The lowest BCUT2D eigenvalue weighted by molar-refractivity contribution is 0.0712. The molecule has 5 nitrogen and oxygen atoms in total. The number of aryl methyl sites for hydroxylation is 1. The maximum Gasteiger partial charge on any atom is 0.264 e. The molecule has 0 aliphatic carbocycles. The van der Waals surface area contributed by atoms with Crippen LogP contribution in [0.1, 0.15) is 49.4 Å². The molecule has 1 aromatic carbocycles. The maximum absolute atomic E-state index is 13.2. The number of aromatic nitrogens is 3. The second-order valence-electron chi connectivity index (χ2n) is 7.71. The Balaban J connectivity index is 1.68. The van der Waals surface area contributed by atoms with E-state index in [2.05, 4.69) is 53.1 Å². The normalized spacial score (nSPS) is 27.5. The Kier molecular flexibility index (Phi) is 4.88. The highest BCUT2D eigenvalue weighted by atomic mass is 32.2. The molecule has 1 fully saturated rings. The van der Waals surface area contributed by atoms with E-state index in [1.807, 2.05) is 13.0 Å². The van der Waals surface area contributed by atoms with Crippen molar-refractivity contribution >= 4 is 17.7 Å². The van der Waals surface area contributed by atoms with Crippen LogP contribution in [0, 0.1) is 11.8 Å². The number of carbonyl (C=O) groups is 1. The minimum atomic E-state index is -0.184. The van der Waals surface area contributed by atoms with E-state index in [0.29, 0.717) is 11.8 Å². The molecular weight excluding hydrogens is 344 g/mol. The molecule has 2 aromatic rings. The van der Waals surface area contributed by atoms with Gasteiger partial charge in [-0.1, -0.05) is 62.9 Å². The van der Waals surface area contributed by atoms with Gasteiger partial charge in [0.15, 0.2) is 11.0 Å². The van der Waals surface area contributed by atoms with Gasteiger partial charge in [0, 0.05) is 19.5 Å². The predicted octanol–water partition coefficient (Wildman–Crippen LogP) is 3.67.